The number of nitrogens with two attached hydrogens (primary N) is 1. The minimum Gasteiger partial charge on any atom is -0.480 e. The van der Waals surface area contributed by atoms with Crippen molar-refractivity contribution >= 4 is 23.7 Å². The SMILES string of the molecule is CC(N)C(=O)N1CCCC1C(=O)NC(C(=O)NCC(=O)O)C(C)C. The van der Waals surface area contributed by atoms with Gasteiger partial charge in [0.15, 0.2) is 0 Å². The predicted octanol–water partition coefficient (Wildman–Crippen LogP) is -1.33. The summed E-state index contributed by atoms with van der Waals surface area (Å²) >= 11 is 0. The summed E-state index contributed by atoms with van der Waals surface area (Å²) in [7, 11) is 0. The lowest BCUT2D eigenvalue weighted by Gasteiger charge is -2.28. The van der Waals surface area contributed by atoms with Crippen LogP contribution in [0.1, 0.15) is 33.6 Å². The number of carbonyl (C=O) groups is 4. The summed E-state index contributed by atoms with van der Waals surface area (Å²) in [6, 6.07) is -2.22. The smallest absolute Gasteiger partial charge is 0.322 e. The van der Waals surface area contributed by atoms with Crippen LogP contribution in [-0.4, -0.2) is 64.9 Å². The highest BCUT2D eigenvalue weighted by Crippen LogP contribution is 2.19. The number of rotatable bonds is 7. The number of amides is 3. The molecule has 0 aromatic heterocycles. The van der Waals surface area contributed by atoms with Crippen LogP contribution in [0.5, 0.6) is 0 Å². The minimum atomic E-state index is -1.17. The van der Waals surface area contributed by atoms with Crippen molar-refractivity contribution in [2.24, 2.45) is 11.7 Å². The molecule has 3 amide bonds. The van der Waals surface area contributed by atoms with Crippen molar-refractivity contribution in [1.29, 1.82) is 0 Å². The van der Waals surface area contributed by atoms with Gasteiger partial charge < -0.3 is 26.4 Å². The van der Waals surface area contributed by atoms with E-state index in [1.807, 2.05) is 0 Å². The van der Waals surface area contributed by atoms with Gasteiger partial charge in [-0.05, 0) is 25.7 Å². The van der Waals surface area contributed by atoms with Gasteiger partial charge in [0.05, 0.1) is 6.04 Å². The van der Waals surface area contributed by atoms with Crippen LogP contribution in [0.4, 0.5) is 0 Å². The molecule has 0 aromatic carbocycles. The maximum Gasteiger partial charge on any atom is 0.322 e. The highest BCUT2D eigenvalue weighted by atomic mass is 16.4. The van der Waals surface area contributed by atoms with Gasteiger partial charge in [-0.25, -0.2) is 0 Å². The van der Waals surface area contributed by atoms with Gasteiger partial charge in [-0.3, -0.25) is 19.2 Å². The molecule has 1 fully saturated rings. The molecule has 1 rings (SSSR count). The maximum atomic E-state index is 12.5. The van der Waals surface area contributed by atoms with Crippen molar-refractivity contribution in [2.75, 3.05) is 13.1 Å². The van der Waals surface area contributed by atoms with E-state index in [1.165, 1.54) is 4.90 Å². The van der Waals surface area contributed by atoms with Crippen LogP contribution < -0.4 is 16.4 Å². The number of likely N-dealkylation sites (tertiary alicyclic amines) is 1. The first-order chi connectivity index (χ1) is 11.1. The van der Waals surface area contributed by atoms with Crippen molar-refractivity contribution in [2.45, 2.75) is 51.7 Å². The van der Waals surface area contributed by atoms with Gasteiger partial charge in [-0.2, -0.15) is 0 Å². The van der Waals surface area contributed by atoms with Crippen molar-refractivity contribution in [3.05, 3.63) is 0 Å². The number of nitrogens with one attached hydrogen (secondary N) is 2. The normalized spacial score (nSPS) is 19.7. The highest BCUT2D eigenvalue weighted by Gasteiger charge is 2.37. The second kappa shape index (κ2) is 8.62. The Morgan fingerprint density at radius 2 is 1.88 bits per heavy atom. The van der Waals surface area contributed by atoms with E-state index in [0.717, 1.165) is 0 Å². The molecule has 9 nitrogen and oxygen atoms in total. The predicted molar refractivity (Wildman–Crippen MR) is 85.8 cm³/mol. The molecule has 5 N–H and O–H groups in total. The first kappa shape index (κ1) is 19.9. The molecule has 0 spiro atoms. The summed E-state index contributed by atoms with van der Waals surface area (Å²) in [6.07, 6.45) is 1.19. The van der Waals surface area contributed by atoms with E-state index >= 15 is 0 Å². The molecule has 1 aliphatic heterocycles. The Hall–Kier alpha value is -2.16. The molecule has 1 aliphatic rings. The van der Waals surface area contributed by atoms with E-state index in [2.05, 4.69) is 10.6 Å². The summed E-state index contributed by atoms with van der Waals surface area (Å²) in [5.41, 5.74) is 5.60. The molecule has 3 unspecified atom stereocenters. The average Bonchev–Trinajstić information content (AvgIpc) is 2.98. The van der Waals surface area contributed by atoms with Crippen LogP contribution in [0, 0.1) is 5.92 Å². The monoisotopic (exact) mass is 342 g/mol. The number of hydrogen-bond acceptors (Lipinski definition) is 5. The Balaban J connectivity index is 2.75. The van der Waals surface area contributed by atoms with E-state index in [0.29, 0.717) is 19.4 Å². The Morgan fingerprint density at radius 3 is 2.38 bits per heavy atom. The lowest BCUT2D eigenvalue weighted by molar-refractivity contribution is -0.141. The third-order valence-corrected chi connectivity index (χ3v) is 3.89. The standard InChI is InChI=1S/C15H26N4O5/c1-8(2)12(14(23)17-7-11(20)21)18-13(22)10-5-4-6-19(10)15(24)9(3)16/h8-10,12H,4-7,16H2,1-3H3,(H,17,23)(H,18,22)(H,20,21). The van der Waals surface area contributed by atoms with Gasteiger partial charge in [0, 0.05) is 6.54 Å². The van der Waals surface area contributed by atoms with E-state index in [-0.39, 0.29) is 11.8 Å². The first-order valence-corrected chi connectivity index (χ1v) is 8.01. The van der Waals surface area contributed by atoms with Crippen molar-refractivity contribution in [1.82, 2.24) is 15.5 Å². The van der Waals surface area contributed by atoms with Crippen molar-refractivity contribution in [3.63, 3.8) is 0 Å². The number of nitrogens with zero attached hydrogens (tertiary/aromatic N) is 1. The summed E-state index contributed by atoms with van der Waals surface area (Å²) in [5, 5.41) is 13.5. The highest BCUT2D eigenvalue weighted by molar-refractivity contribution is 5.94. The van der Waals surface area contributed by atoms with Gasteiger partial charge in [0.1, 0.15) is 18.6 Å². The summed E-state index contributed by atoms with van der Waals surface area (Å²) in [5.74, 6) is -2.69. The lowest BCUT2D eigenvalue weighted by Crippen LogP contribution is -2.56. The van der Waals surface area contributed by atoms with E-state index in [4.69, 9.17) is 10.8 Å². The first-order valence-electron chi connectivity index (χ1n) is 8.01. The van der Waals surface area contributed by atoms with Gasteiger partial charge in [0.2, 0.25) is 17.7 Å². The number of hydrogen-bond donors (Lipinski definition) is 4. The average molecular weight is 342 g/mol. The molecule has 24 heavy (non-hydrogen) atoms. The quantitative estimate of drug-likeness (QED) is 0.451. The summed E-state index contributed by atoms with van der Waals surface area (Å²) in [4.78, 5) is 48.6. The van der Waals surface area contributed by atoms with Crippen LogP contribution >= 0.6 is 0 Å². The van der Waals surface area contributed by atoms with Crippen molar-refractivity contribution < 1.29 is 24.3 Å². The fourth-order valence-corrected chi connectivity index (χ4v) is 2.62. The zero-order valence-corrected chi connectivity index (χ0v) is 14.2. The molecule has 9 heteroatoms. The molecular formula is C15H26N4O5. The third-order valence-electron chi connectivity index (χ3n) is 3.89. The third kappa shape index (κ3) is 5.19. The van der Waals surface area contributed by atoms with Crippen LogP contribution in [0.3, 0.4) is 0 Å². The molecular weight excluding hydrogens is 316 g/mol. The summed E-state index contributed by atoms with van der Waals surface area (Å²) in [6.45, 7) is 4.98. The fraction of sp³-hybridized carbons (Fsp3) is 0.733. The Labute approximate surface area is 140 Å². The van der Waals surface area contributed by atoms with Gasteiger partial charge in [0.25, 0.3) is 0 Å². The molecule has 0 aliphatic carbocycles. The number of carboxylic acids is 1. The second-order valence-corrected chi connectivity index (χ2v) is 6.32. The van der Waals surface area contributed by atoms with Crippen LogP contribution in [0.2, 0.25) is 0 Å². The Morgan fingerprint density at radius 1 is 1.25 bits per heavy atom. The molecule has 0 saturated carbocycles. The minimum absolute atomic E-state index is 0.235. The maximum absolute atomic E-state index is 12.5. The lowest BCUT2D eigenvalue weighted by atomic mass is 10.0. The van der Waals surface area contributed by atoms with E-state index in [1.54, 1.807) is 20.8 Å². The number of carbonyl (C=O) groups excluding carboxylic acids is 3. The zero-order chi connectivity index (χ0) is 18.4. The fourth-order valence-electron chi connectivity index (χ4n) is 2.62. The Kier molecular flexibility index (Phi) is 7.15. The van der Waals surface area contributed by atoms with Crippen molar-refractivity contribution in [3.8, 4) is 0 Å². The second-order valence-electron chi connectivity index (χ2n) is 6.32. The van der Waals surface area contributed by atoms with Crippen LogP contribution in [-0.2, 0) is 19.2 Å². The molecule has 0 radical (unpaired) electrons. The molecule has 1 saturated heterocycles. The molecule has 0 aromatic rings. The number of carboxylic acid groups (broad SMARTS) is 1. The largest absolute Gasteiger partial charge is 0.480 e. The molecule has 3 atom stereocenters. The molecule has 1 heterocycles. The van der Waals surface area contributed by atoms with E-state index in [9.17, 15) is 19.2 Å². The van der Waals surface area contributed by atoms with Gasteiger partial charge in [-0.1, -0.05) is 13.8 Å². The zero-order valence-electron chi connectivity index (χ0n) is 14.2. The topological polar surface area (TPSA) is 142 Å². The summed E-state index contributed by atoms with van der Waals surface area (Å²) < 4.78 is 0. The van der Waals surface area contributed by atoms with E-state index < -0.39 is 42.5 Å². The van der Waals surface area contributed by atoms with Gasteiger partial charge in [-0.15, -0.1) is 0 Å². The molecule has 136 valence electrons. The van der Waals surface area contributed by atoms with Crippen LogP contribution in [0.25, 0.3) is 0 Å². The van der Waals surface area contributed by atoms with Crippen LogP contribution in [0.15, 0.2) is 0 Å². The number of aliphatic carboxylic acids is 1. The van der Waals surface area contributed by atoms with Gasteiger partial charge >= 0.3 is 5.97 Å². The molecule has 0 bridgehead atoms. The Bertz CT molecular complexity index is 506.